The summed E-state index contributed by atoms with van der Waals surface area (Å²) in [6.45, 7) is 0.891. The molecule has 33 heavy (non-hydrogen) atoms. The Balaban J connectivity index is 1.39. The smallest absolute Gasteiger partial charge is 0.407 e. The minimum atomic E-state index is -0.509. The first-order valence-electron chi connectivity index (χ1n) is 10.6. The minimum Gasteiger partial charge on any atom is -0.493 e. The molecule has 0 radical (unpaired) electrons. The molecule has 0 unspecified atom stereocenters. The van der Waals surface area contributed by atoms with Crippen LogP contribution in [0.1, 0.15) is 24.0 Å². The van der Waals surface area contributed by atoms with Crippen molar-refractivity contribution in [2.45, 2.75) is 26.1 Å². The SMILES string of the molecule is COc1ccc(NC(=O)CCCNC(=O)OCc2ccccc2)cc1OCc1ccncc1. The van der Waals surface area contributed by atoms with Gasteiger partial charge in [0.25, 0.3) is 0 Å². The fourth-order valence-corrected chi connectivity index (χ4v) is 2.94. The number of carbonyl (C=O) groups is 2. The fourth-order valence-electron chi connectivity index (χ4n) is 2.94. The van der Waals surface area contributed by atoms with Crippen LogP contribution in [0, 0.1) is 0 Å². The highest BCUT2D eigenvalue weighted by Crippen LogP contribution is 2.31. The summed E-state index contributed by atoms with van der Waals surface area (Å²) in [5.41, 5.74) is 2.48. The van der Waals surface area contributed by atoms with Crippen molar-refractivity contribution in [1.29, 1.82) is 0 Å². The van der Waals surface area contributed by atoms with E-state index >= 15 is 0 Å². The number of rotatable bonds is 11. The van der Waals surface area contributed by atoms with Gasteiger partial charge < -0.3 is 24.8 Å². The number of hydrogen-bond acceptors (Lipinski definition) is 6. The van der Waals surface area contributed by atoms with Crippen LogP contribution >= 0.6 is 0 Å². The average Bonchev–Trinajstić information content (AvgIpc) is 2.85. The molecule has 0 bridgehead atoms. The first-order chi connectivity index (χ1) is 16.1. The number of ether oxygens (including phenoxy) is 3. The third-order valence-electron chi connectivity index (χ3n) is 4.65. The highest BCUT2D eigenvalue weighted by atomic mass is 16.5. The molecule has 8 nitrogen and oxygen atoms in total. The molecule has 2 N–H and O–H groups in total. The molecule has 2 amide bonds. The van der Waals surface area contributed by atoms with Gasteiger partial charge in [-0.15, -0.1) is 0 Å². The molecule has 8 heteroatoms. The predicted molar refractivity (Wildman–Crippen MR) is 124 cm³/mol. The van der Waals surface area contributed by atoms with Gasteiger partial charge >= 0.3 is 6.09 Å². The first-order valence-corrected chi connectivity index (χ1v) is 10.6. The van der Waals surface area contributed by atoms with Crippen LogP contribution in [0.25, 0.3) is 0 Å². The molecule has 0 fully saturated rings. The van der Waals surface area contributed by atoms with E-state index in [-0.39, 0.29) is 18.9 Å². The van der Waals surface area contributed by atoms with E-state index in [4.69, 9.17) is 14.2 Å². The zero-order valence-corrected chi connectivity index (χ0v) is 18.5. The summed E-state index contributed by atoms with van der Waals surface area (Å²) in [6, 6.07) is 18.4. The molecule has 3 aromatic rings. The summed E-state index contributed by atoms with van der Waals surface area (Å²) < 4.78 is 16.3. The van der Waals surface area contributed by atoms with Crippen LogP contribution in [0.4, 0.5) is 10.5 Å². The van der Waals surface area contributed by atoms with Gasteiger partial charge in [0.2, 0.25) is 5.91 Å². The molecule has 1 heterocycles. The zero-order valence-electron chi connectivity index (χ0n) is 18.5. The van der Waals surface area contributed by atoms with Crippen molar-refractivity contribution in [3.8, 4) is 11.5 Å². The van der Waals surface area contributed by atoms with Gasteiger partial charge in [-0.3, -0.25) is 9.78 Å². The second-order valence-electron chi connectivity index (χ2n) is 7.15. The highest BCUT2D eigenvalue weighted by Gasteiger charge is 2.09. The summed E-state index contributed by atoms with van der Waals surface area (Å²) in [6.07, 6.45) is 3.62. The quantitative estimate of drug-likeness (QED) is 0.423. The van der Waals surface area contributed by atoms with Crippen LogP contribution in [0.2, 0.25) is 0 Å². The third kappa shape index (κ3) is 8.17. The van der Waals surface area contributed by atoms with Gasteiger partial charge in [0.15, 0.2) is 11.5 Å². The predicted octanol–water partition coefficient (Wildman–Crippen LogP) is 4.31. The van der Waals surface area contributed by atoms with Gasteiger partial charge in [-0.25, -0.2) is 4.79 Å². The molecule has 172 valence electrons. The summed E-state index contributed by atoms with van der Waals surface area (Å²) in [5, 5.41) is 5.48. The van der Waals surface area contributed by atoms with Crippen molar-refractivity contribution >= 4 is 17.7 Å². The lowest BCUT2D eigenvalue weighted by atomic mass is 10.2. The van der Waals surface area contributed by atoms with Gasteiger partial charge in [0, 0.05) is 37.1 Å². The van der Waals surface area contributed by atoms with Crippen LogP contribution in [0.5, 0.6) is 11.5 Å². The summed E-state index contributed by atoms with van der Waals surface area (Å²) >= 11 is 0. The molecule has 0 aliphatic heterocycles. The Hall–Kier alpha value is -4.07. The molecule has 1 aromatic heterocycles. The number of aromatic nitrogens is 1. The lowest BCUT2D eigenvalue weighted by Crippen LogP contribution is -2.26. The molecule has 2 aromatic carbocycles. The van der Waals surface area contributed by atoms with Crippen molar-refractivity contribution in [2.24, 2.45) is 0 Å². The van der Waals surface area contributed by atoms with Crippen molar-refractivity contribution < 1.29 is 23.8 Å². The molecule has 0 saturated carbocycles. The van der Waals surface area contributed by atoms with E-state index < -0.39 is 6.09 Å². The molecule has 3 rings (SSSR count). The number of nitrogens with one attached hydrogen (secondary N) is 2. The summed E-state index contributed by atoms with van der Waals surface area (Å²) in [5.74, 6) is 0.926. The van der Waals surface area contributed by atoms with Gasteiger partial charge in [0.1, 0.15) is 13.2 Å². The number of benzene rings is 2. The maximum atomic E-state index is 12.3. The van der Waals surface area contributed by atoms with Crippen LogP contribution in [0.3, 0.4) is 0 Å². The number of alkyl carbamates (subject to hydrolysis) is 1. The second kappa shape index (κ2) is 12.7. The molecular weight excluding hydrogens is 422 g/mol. The van der Waals surface area contributed by atoms with Gasteiger partial charge in [-0.1, -0.05) is 30.3 Å². The monoisotopic (exact) mass is 449 g/mol. The third-order valence-corrected chi connectivity index (χ3v) is 4.65. The average molecular weight is 450 g/mol. The number of anilines is 1. The van der Waals surface area contributed by atoms with E-state index in [9.17, 15) is 9.59 Å². The first kappa shape index (κ1) is 23.6. The van der Waals surface area contributed by atoms with Crippen LogP contribution < -0.4 is 20.1 Å². The number of hydrogen-bond donors (Lipinski definition) is 2. The largest absolute Gasteiger partial charge is 0.493 e. The Labute approximate surface area is 192 Å². The molecule has 0 saturated heterocycles. The molecule has 0 spiro atoms. The summed E-state index contributed by atoms with van der Waals surface area (Å²) in [4.78, 5) is 28.0. The Morgan fingerprint density at radius 2 is 1.67 bits per heavy atom. The van der Waals surface area contributed by atoms with Gasteiger partial charge in [-0.2, -0.15) is 0 Å². The van der Waals surface area contributed by atoms with Crippen molar-refractivity contribution in [2.75, 3.05) is 19.0 Å². The van der Waals surface area contributed by atoms with E-state index in [1.165, 1.54) is 0 Å². The van der Waals surface area contributed by atoms with Crippen LogP contribution in [-0.4, -0.2) is 30.6 Å². The van der Waals surface area contributed by atoms with E-state index in [2.05, 4.69) is 15.6 Å². The van der Waals surface area contributed by atoms with E-state index in [1.807, 2.05) is 42.5 Å². The standard InChI is InChI=1S/C25H27N3O5/c1-31-22-10-9-21(16-23(22)32-17-20-11-14-26-15-12-20)28-24(29)8-5-13-27-25(30)33-18-19-6-3-2-4-7-19/h2-4,6-7,9-12,14-16H,5,8,13,17-18H2,1H3,(H,27,30)(H,28,29). The van der Waals surface area contributed by atoms with Gasteiger partial charge in [0.05, 0.1) is 7.11 Å². The van der Waals surface area contributed by atoms with E-state index in [0.717, 1.165) is 11.1 Å². The number of amides is 2. The van der Waals surface area contributed by atoms with E-state index in [0.29, 0.717) is 36.8 Å². The second-order valence-corrected chi connectivity index (χ2v) is 7.15. The van der Waals surface area contributed by atoms with E-state index in [1.54, 1.807) is 37.7 Å². The Morgan fingerprint density at radius 1 is 0.909 bits per heavy atom. The summed E-state index contributed by atoms with van der Waals surface area (Å²) in [7, 11) is 1.56. The molecule has 0 atom stereocenters. The highest BCUT2D eigenvalue weighted by molar-refractivity contribution is 5.91. The number of pyridine rings is 1. The number of carbonyl (C=O) groups excluding carboxylic acids is 2. The van der Waals surface area contributed by atoms with Crippen molar-refractivity contribution in [3.63, 3.8) is 0 Å². The maximum Gasteiger partial charge on any atom is 0.407 e. The van der Waals surface area contributed by atoms with Gasteiger partial charge in [-0.05, 0) is 41.8 Å². The molecule has 0 aliphatic rings. The Bertz CT molecular complexity index is 1030. The lowest BCUT2D eigenvalue weighted by molar-refractivity contribution is -0.116. The number of nitrogens with zero attached hydrogens (tertiary/aromatic N) is 1. The van der Waals surface area contributed by atoms with Crippen molar-refractivity contribution in [1.82, 2.24) is 10.3 Å². The number of methoxy groups -OCH3 is 1. The zero-order chi connectivity index (χ0) is 23.3. The maximum absolute atomic E-state index is 12.3. The Kier molecular flexibility index (Phi) is 9.08. The molecule has 0 aliphatic carbocycles. The minimum absolute atomic E-state index is 0.167. The fraction of sp³-hybridized carbons (Fsp3) is 0.240. The van der Waals surface area contributed by atoms with Crippen molar-refractivity contribution in [3.05, 3.63) is 84.2 Å². The molecular formula is C25H27N3O5. The topological polar surface area (TPSA) is 98.8 Å². The van der Waals surface area contributed by atoms with Crippen LogP contribution in [-0.2, 0) is 22.7 Å². The normalized spacial score (nSPS) is 10.2. The Morgan fingerprint density at radius 3 is 2.42 bits per heavy atom. The van der Waals surface area contributed by atoms with Crippen LogP contribution in [0.15, 0.2) is 73.1 Å². The lowest BCUT2D eigenvalue weighted by Gasteiger charge is -2.13.